The minimum atomic E-state index is -0.167. The zero-order chi connectivity index (χ0) is 16.9. The molecule has 4 nitrogen and oxygen atoms in total. The first-order valence-corrected chi connectivity index (χ1v) is 9.34. The predicted molar refractivity (Wildman–Crippen MR) is 98.9 cm³/mol. The fourth-order valence-corrected chi connectivity index (χ4v) is 3.74. The van der Waals surface area contributed by atoms with Crippen molar-refractivity contribution in [1.82, 2.24) is 0 Å². The summed E-state index contributed by atoms with van der Waals surface area (Å²) in [6.45, 7) is 0. The van der Waals surface area contributed by atoms with E-state index >= 15 is 0 Å². The van der Waals surface area contributed by atoms with Crippen LogP contribution in [-0.2, 0) is 4.79 Å². The summed E-state index contributed by atoms with van der Waals surface area (Å²) in [6.07, 6.45) is 5.32. The third kappa shape index (κ3) is 4.16. The number of carbonyl (C=O) groups excluding carboxylic acids is 2. The molecule has 0 aliphatic heterocycles. The molecule has 0 bridgehead atoms. The van der Waals surface area contributed by atoms with E-state index in [2.05, 4.69) is 10.6 Å². The lowest BCUT2D eigenvalue weighted by Crippen LogP contribution is -2.24. The Morgan fingerprint density at radius 3 is 2.54 bits per heavy atom. The molecule has 2 N–H and O–H groups in total. The second-order valence-corrected chi connectivity index (χ2v) is 7.31. The number of nitrogens with one attached hydrogen (secondary N) is 2. The number of carbonyl (C=O) groups is 2. The molecule has 1 fully saturated rings. The Morgan fingerprint density at radius 2 is 1.88 bits per heavy atom. The zero-order valence-corrected chi connectivity index (χ0v) is 14.8. The minimum absolute atomic E-state index is 0.0342. The molecule has 1 aliphatic rings. The fraction of sp³-hybridized carbons (Fsp3) is 0.333. The van der Waals surface area contributed by atoms with Crippen molar-refractivity contribution in [3.05, 3.63) is 45.6 Å². The molecule has 24 heavy (non-hydrogen) atoms. The molecule has 1 saturated carbocycles. The van der Waals surface area contributed by atoms with Crippen molar-refractivity contribution in [2.45, 2.75) is 32.1 Å². The van der Waals surface area contributed by atoms with Gasteiger partial charge in [-0.1, -0.05) is 36.9 Å². The van der Waals surface area contributed by atoms with Crippen molar-refractivity contribution in [3.63, 3.8) is 0 Å². The third-order valence-corrected chi connectivity index (χ3v) is 5.39. The standard InChI is InChI=1S/C18H19ClN2O2S/c19-14-11-13(20-18(23)16-7-4-10-24-16)8-9-15(14)21-17(22)12-5-2-1-3-6-12/h4,7-12H,1-3,5-6H2,(H,20,23)(H,21,22). The molecule has 1 heterocycles. The molecule has 1 aliphatic carbocycles. The van der Waals surface area contributed by atoms with Gasteiger partial charge in [0, 0.05) is 11.6 Å². The number of thiophene rings is 1. The van der Waals surface area contributed by atoms with Gasteiger partial charge in [-0.25, -0.2) is 0 Å². The van der Waals surface area contributed by atoms with Crippen LogP contribution in [0.2, 0.25) is 5.02 Å². The third-order valence-electron chi connectivity index (χ3n) is 4.21. The van der Waals surface area contributed by atoms with Gasteiger partial charge in [-0.3, -0.25) is 9.59 Å². The number of anilines is 2. The van der Waals surface area contributed by atoms with Crippen molar-refractivity contribution in [2.75, 3.05) is 10.6 Å². The van der Waals surface area contributed by atoms with Crippen LogP contribution in [0.1, 0.15) is 41.8 Å². The Balaban J connectivity index is 1.64. The lowest BCUT2D eigenvalue weighted by atomic mass is 9.88. The number of hydrogen-bond acceptors (Lipinski definition) is 3. The molecule has 0 saturated heterocycles. The lowest BCUT2D eigenvalue weighted by Gasteiger charge is -2.21. The highest BCUT2D eigenvalue weighted by molar-refractivity contribution is 7.12. The second kappa shape index (κ2) is 7.81. The summed E-state index contributed by atoms with van der Waals surface area (Å²) in [6, 6.07) is 8.72. The minimum Gasteiger partial charge on any atom is -0.325 e. The van der Waals surface area contributed by atoms with E-state index < -0.39 is 0 Å². The topological polar surface area (TPSA) is 58.2 Å². The van der Waals surface area contributed by atoms with Gasteiger partial charge in [0.25, 0.3) is 5.91 Å². The van der Waals surface area contributed by atoms with Crippen LogP contribution in [0.5, 0.6) is 0 Å². The Hall–Kier alpha value is -1.85. The van der Waals surface area contributed by atoms with Gasteiger partial charge < -0.3 is 10.6 Å². The number of hydrogen-bond donors (Lipinski definition) is 2. The molecule has 6 heteroatoms. The Morgan fingerprint density at radius 1 is 1.08 bits per heavy atom. The summed E-state index contributed by atoms with van der Waals surface area (Å²) < 4.78 is 0. The predicted octanol–water partition coefficient (Wildman–Crippen LogP) is 5.17. The summed E-state index contributed by atoms with van der Waals surface area (Å²) in [5, 5.41) is 7.98. The lowest BCUT2D eigenvalue weighted by molar-refractivity contribution is -0.120. The average molecular weight is 363 g/mol. The van der Waals surface area contributed by atoms with Gasteiger partial charge in [0.15, 0.2) is 0 Å². The van der Waals surface area contributed by atoms with E-state index in [1.54, 1.807) is 24.3 Å². The van der Waals surface area contributed by atoms with Gasteiger partial charge in [0.1, 0.15) is 0 Å². The molecular weight excluding hydrogens is 344 g/mol. The van der Waals surface area contributed by atoms with E-state index in [9.17, 15) is 9.59 Å². The molecule has 2 amide bonds. The van der Waals surface area contributed by atoms with E-state index in [4.69, 9.17) is 11.6 Å². The van der Waals surface area contributed by atoms with Crippen LogP contribution in [0.4, 0.5) is 11.4 Å². The summed E-state index contributed by atoms with van der Waals surface area (Å²) >= 11 is 7.64. The van der Waals surface area contributed by atoms with Gasteiger partial charge >= 0.3 is 0 Å². The highest BCUT2D eigenvalue weighted by atomic mass is 35.5. The fourth-order valence-electron chi connectivity index (χ4n) is 2.89. The van der Waals surface area contributed by atoms with Gasteiger partial charge in [-0.15, -0.1) is 11.3 Å². The smallest absolute Gasteiger partial charge is 0.265 e. The number of benzene rings is 1. The molecule has 0 unspecified atom stereocenters. The average Bonchev–Trinajstić information content (AvgIpc) is 3.13. The van der Waals surface area contributed by atoms with E-state index in [1.165, 1.54) is 17.8 Å². The van der Waals surface area contributed by atoms with Crippen LogP contribution in [0.15, 0.2) is 35.7 Å². The van der Waals surface area contributed by atoms with Crippen LogP contribution in [0.25, 0.3) is 0 Å². The van der Waals surface area contributed by atoms with Crippen LogP contribution in [0, 0.1) is 5.92 Å². The maximum absolute atomic E-state index is 12.3. The molecule has 3 rings (SSSR count). The van der Waals surface area contributed by atoms with Crippen molar-refractivity contribution in [2.24, 2.45) is 5.92 Å². The van der Waals surface area contributed by atoms with Crippen molar-refractivity contribution < 1.29 is 9.59 Å². The molecule has 0 spiro atoms. The number of halogens is 1. The first kappa shape index (κ1) is 17.0. The number of amides is 2. The molecule has 1 aromatic heterocycles. The zero-order valence-electron chi connectivity index (χ0n) is 13.2. The molecule has 0 atom stereocenters. The van der Waals surface area contributed by atoms with Crippen molar-refractivity contribution in [1.29, 1.82) is 0 Å². The van der Waals surface area contributed by atoms with E-state index in [-0.39, 0.29) is 17.7 Å². The second-order valence-electron chi connectivity index (χ2n) is 5.95. The van der Waals surface area contributed by atoms with Gasteiger partial charge in [-0.05, 0) is 42.5 Å². The maximum atomic E-state index is 12.3. The monoisotopic (exact) mass is 362 g/mol. The summed E-state index contributed by atoms with van der Waals surface area (Å²) in [5.74, 6) is -0.0555. The Kier molecular flexibility index (Phi) is 5.53. The highest BCUT2D eigenvalue weighted by Gasteiger charge is 2.21. The molecule has 1 aromatic carbocycles. The van der Waals surface area contributed by atoms with Gasteiger partial charge in [0.2, 0.25) is 5.91 Å². The van der Waals surface area contributed by atoms with Crippen LogP contribution in [-0.4, -0.2) is 11.8 Å². The molecular formula is C18H19ClN2O2S. The number of rotatable bonds is 4. The van der Waals surface area contributed by atoms with E-state index in [0.717, 1.165) is 25.7 Å². The normalized spacial score (nSPS) is 15.0. The first-order valence-electron chi connectivity index (χ1n) is 8.09. The van der Waals surface area contributed by atoms with Crippen molar-refractivity contribution in [3.8, 4) is 0 Å². The summed E-state index contributed by atoms with van der Waals surface area (Å²) in [4.78, 5) is 25.0. The maximum Gasteiger partial charge on any atom is 0.265 e. The Labute approximate surface area is 150 Å². The summed E-state index contributed by atoms with van der Waals surface area (Å²) in [5.41, 5.74) is 1.19. The molecule has 0 radical (unpaired) electrons. The van der Waals surface area contributed by atoms with Gasteiger partial charge in [-0.2, -0.15) is 0 Å². The van der Waals surface area contributed by atoms with Gasteiger partial charge in [0.05, 0.1) is 15.6 Å². The van der Waals surface area contributed by atoms with Crippen LogP contribution < -0.4 is 10.6 Å². The summed E-state index contributed by atoms with van der Waals surface area (Å²) in [7, 11) is 0. The SMILES string of the molecule is O=C(Nc1ccc(NC(=O)C2CCCCC2)c(Cl)c1)c1cccs1. The van der Waals surface area contributed by atoms with Crippen LogP contribution in [0.3, 0.4) is 0 Å². The molecule has 2 aromatic rings. The molecule has 126 valence electrons. The largest absolute Gasteiger partial charge is 0.325 e. The Bertz CT molecular complexity index is 725. The van der Waals surface area contributed by atoms with E-state index in [0.29, 0.717) is 21.3 Å². The van der Waals surface area contributed by atoms with Crippen molar-refractivity contribution >= 4 is 46.1 Å². The first-order chi connectivity index (χ1) is 11.6. The van der Waals surface area contributed by atoms with E-state index in [1.807, 2.05) is 11.4 Å². The highest BCUT2D eigenvalue weighted by Crippen LogP contribution is 2.29. The van der Waals surface area contributed by atoms with Crippen LogP contribution >= 0.6 is 22.9 Å². The quantitative estimate of drug-likeness (QED) is 0.787.